The highest BCUT2D eigenvalue weighted by Crippen LogP contribution is 2.76. The molecule has 8 atom stereocenters. The molecule has 2 heterocycles. The first kappa shape index (κ1) is 14.3. The van der Waals surface area contributed by atoms with Gasteiger partial charge in [-0.15, -0.1) is 0 Å². The summed E-state index contributed by atoms with van der Waals surface area (Å²) in [6.07, 6.45) is 9.35. The van der Waals surface area contributed by atoms with E-state index in [1.165, 1.54) is 38.5 Å². The van der Waals surface area contributed by atoms with E-state index in [9.17, 15) is 5.11 Å². The maximum atomic E-state index is 10.6. The molecular weight excluding hydrogens is 272 g/mol. The molecule has 0 radical (unpaired) electrons. The Bertz CT molecular complexity index is 528. The molecule has 4 saturated carbocycles. The highest BCUT2D eigenvalue weighted by Gasteiger charge is 2.74. The van der Waals surface area contributed by atoms with Gasteiger partial charge in [-0.25, -0.2) is 0 Å². The molecule has 0 aromatic heterocycles. The van der Waals surface area contributed by atoms with Gasteiger partial charge < -0.3 is 9.84 Å². The minimum atomic E-state index is -0.118. The van der Waals surface area contributed by atoms with Crippen molar-refractivity contribution < 1.29 is 9.84 Å². The summed E-state index contributed by atoms with van der Waals surface area (Å²) in [5.74, 6) is 2.24. The molecule has 2 heteroatoms. The van der Waals surface area contributed by atoms with Crippen LogP contribution in [0.3, 0.4) is 0 Å². The molecule has 2 nitrogen and oxygen atoms in total. The van der Waals surface area contributed by atoms with Crippen LogP contribution in [0, 0.1) is 34.0 Å². The highest BCUT2D eigenvalue weighted by molar-refractivity contribution is 5.22. The van der Waals surface area contributed by atoms with E-state index < -0.39 is 0 Å². The summed E-state index contributed by atoms with van der Waals surface area (Å²) < 4.78 is 6.65. The predicted molar refractivity (Wildman–Crippen MR) is 86.4 cm³/mol. The second-order valence-electron chi connectivity index (χ2n) is 10.6. The zero-order valence-corrected chi connectivity index (χ0v) is 14.7. The summed E-state index contributed by atoms with van der Waals surface area (Å²) in [5.41, 5.74) is 1.22. The summed E-state index contributed by atoms with van der Waals surface area (Å²) in [5, 5.41) is 10.6. The topological polar surface area (TPSA) is 29.5 Å². The van der Waals surface area contributed by atoms with Crippen molar-refractivity contribution in [3.8, 4) is 0 Å². The van der Waals surface area contributed by atoms with Crippen LogP contribution in [0.25, 0.3) is 0 Å². The third-order valence-electron chi connectivity index (χ3n) is 9.34. The lowest BCUT2D eigenvalue weighted by Gasteiger charge is -2.66. The third kappa shape index (κ3) is 1.38. The molecule has 2 unspecified atom stereocenters. The van der Waals surface area contributed by atoms with Crippen LogP contribution in [0.4, 0.5) is 0 Å². The number of hydrogen-bond acceptors (Lipinski definition) is 2. The van der Waals surface area contributed by atoms with Gasteiger partial charge in [0, 0.05) is 0 Å². The average molecular weight is 304 g/mol. The smallest absolute Gasteiger partial charge is 0.0693 e. The molecule has 0 amide bonds. The van der Waals surface area contributed by atoms with Gasteiger partial charge in [-0.2, -0.15) is 0 Å². The molecule has 6 aliphatic rings. The first-order valence-corrected chi connectivity index (χ1v) is 9.57. The SMILES string of the molecule is CC1(C)C(O)CC[C@@]2(C)[C@@H]1CC[C@]13C[C@@H]4CC(O[C@]4(C)C1)[C@H]32. The number of aliphatic hydroxyl groups excluding tert-OH is 1. The van der Waals surface area contributed by atoms with Crippen LogP contribution < -0.4 is 0 Å². The van der Waals surface area contributed by atoms with Gasteiger partial charge in [0.1, 0.15) is 0 Å². The Hall–Kier alpha value is -0.0800. The lowest BCUT2D eigenvalue weighted by molar-refractivity contribution is -0.239. The lowest BCUT2D eigenvalue weighted by atomic mass is 9.40. The quantitative estimate of drug-likeness (QED) is 0.728. The molecule has 6 fully saturated rings. The van der Waals surface area contributed by atoms with E-state index in [-0.39, 0.29) is 17.1 Å². The molecule has 0 aromatic rings. The Morgan fingerprint density at radius 2 is 1.82 bits per heavy atom. The summed E-state index contributed by atoms with van der Waals surface area (Å²) >= 11 is 0. The fourth-order valence-corrected chi connectivity index (χ4v) is 8.65. The van der Waals surface area contributed by atoms with Crippen LogP contribution in [0.2, 0.25) is 0 Å². The fraction of sp³-hybridized carbons (Fsp3) is 1.00. The van der Waals surface area contributed by atoms with Crippen molar-refractivity contribution in [3.63, 3.8) is 0 Å². The van der Waals surface area contributed by atoms with Crippen LogP contribution >= 0.6 is 0 Å². The van der Waals surface area contributed by atoms with Crippen LogP contribution in [0.1, 0.15) is 72.6 Å². The van der Waals surface area contributed by atoms with Gasteiger partial charge in [-0.1, -0.05) is 20.8 Å². The Morgan fingerprint density at radius 3 is 2.55 bits per heavy atom. The van der Waals surface area contributed by atoms with Crippen LogP contribution in [-0.4, -0.2) is 22.9 Å². The predicted octanol–water partition coefficient (Wildman–Crippen LogP) is 4.16. The Morgan fingerprint density at radius 1 is 1.05 bits per heavy atom. The van der Waals surface area contributed by atoms with Crippen molar-refractivity contribution in [2.75, 3.05) is 0 Å². The van der Waals surface area contributed by atoms with E-state index in [1.54, 1.807) is 0 Å². The number of aliphatic hydroxyl groups is 1. The van der Waals surface area contributed by atoms with Gasteiger partial charge >= 0.3 is 0 Å². The van der Waals surface area contributed by atoms with Gasteiger partial charge in [0.2, 0.25) is 0 Å². The Kier molecular flexibility index (Phi) is 2.45. The van der Waals surface area contributed by atoms with Crippen LogP contribution in [-0.2, 0) is 4.74 Å². The van der Waals surface area contributed by atoms with E-state index in [2.05, 4.69) is 27.7 Å². The Labute approximate surface area is 135 Å². The molecule has 2 saturated heterocycles. The summed E-state index contributed by atoms with van der Waals surface area (Å²) in [4.78, 5) is 0. The maximum absolute atomic E-state index is 10.6. The minimum absolute atomic E-state index is 0.0666. The summed E-state index contributed by atoms with van der Waals surface area (Å²) in [6, 6.07) is 0. The minimum Gasteiger partial charge on any atom is -0.393 e. The molecule has 1 N–H and O–H groups in total. The lowest BCUT2D eigenvalue weighted by Crippen LogP contribution is -2.63. The molecule has 124 valence electrons. The van der Waals surface area contributed by atoms with Crippen LogP contribution in [0.5, 0.6) is 0 Å². The molecular formula is C20H32O2. The Balaban J connectivity index is 1.60. The largest absolute Gasteiger partial charge is 0.393 e. The summed E-state index contributed by atoms with van der Waals surface area (Å²) in [7, 11) is 0. The first-order chi connectivity index (χ1) is 10.2. The molecule has 2 aliphatic heterocycles. The van der Waals surface area contributed by atoms with E-state index >= 15 is 0 Å². The van der Waals surface area contributed by atoms with Gasteiger partial charge in [0.05, 0.1) is 17.8 Å². The second-order valence-corrected chi connectivity index (χ2v) is 10.6. The third-order valence-corrected chi connectivity index (χ3v) is 9.34. The zero-order chi connectivity index (χ0) is 15.5. The van der Waals surface area contributed by atoms with E-state index in [0.29, 0.717) is 22.9 Å². The van der Waals surface area contributed by atoms with Gasteiger partial charge in [-0.05, 0) is 85.9 Å². The van der Waals surface area contributed by atoms with Crippen molar-refractivity contribution in [3.05, 3.63) is 0 Å². The number of fused-ring (bicyclic) bond motifs is 1. The first-order valence-electron chi connectivity index (χ1n) is 9.57. The van der Waals surface area contributed by atoms with Crippen molar-refractivity contribution in [2.24, 2.45) is 34.0 Å². The van der Waals surface area contributed by atoms with Crippen LogP contribution in [0.15, 0.2) is 0 Å². The summed E-state index contributed by atoms with van der Waals surface area (Å²) in [6.45, 7) is 9.60. The van der Waals surface area contributed by atoms with Crippen molar-refractivity contribution in [2.45, 2.75) is 90.4 Å². The second kappa shape index (κ2) is 3.77. The van der Waals surface area contributed by atoms with Crippen molar-refractivity contribution in [1.29, 1.82) is 0 Å². The van der Waals surface area contributed by atoms with Crippen molar-refractivity contribution in [1.82, 2.24) is 0 Å². The normalized spacial score (nSPS) is 64.5. The number of hydrogen-bond donors (Lipinski definition) is 1. The van der Waals surface area contributed by atoms with Gasteiger partial charge in [0.15, 0.2) is 0 Å². The monoisotopic (exact) mass is 304 g/mol. The molecule has 4 bridgehead atoms. The van der Waals surface area contributed by atoms with Gasteiger partial charge in [0.25, 0.3) is 0 Å². The van der Waals surface area contributed by atoms with E-state index in [1.807, 2.05) is 0 Å². The average Bonchev–Trinajstić information content (AvgIpc) is 2.76. The maximum Gasteiger partial charge on any atom is 0.0693 e. The van der Waals surface area contributed by atoms with E-state index in [4.69, 9.17) is 4.74 Å². The highest BCUT2D eigenvalue weighted by atomic mass is 16.5. The number of ether oxygens (including phenoxy) is 1. The number of rotatable bonds is 0. The molecule has 0 aromatic carbocycles. The van der Waals surface area contributed by atoms with Crippen molar-refractivity contribution >= 4 is 0 Å². The van der Waals surface area contributed by atoms with Gasteiger partial charge in [-0.3, -0.25) is 0 Å². The fourth-order valence-electron chi connectivity index (χ4n) is 8.65. The molecule has 1 spiro atoms. The standard InChI is InChI=1S/C20H32O2/c1-17(2)14-5-8-20-10-12-9-13(22-19(12,4)11-20)16(20)18(14,3)7-6-15(17)21/h12-16,21H,5-11H2,1-4H3/t12-,13?,14+,15?,16-,18-,19+,20-/m0/s1. The molecule has 6 rings (SSSR count). The zero-order valence-electron chi connectivity index (χ0n) is 14.7. The molecule has 22 heavy (non-hydrogen) atoms. The molecule has 4 aliphatic carbocycles. The van der Waals surface area contributed by atoms with E-state index in [0.717, 1.165) is 18.3 Å².